The summed E-state index contributed by atoms with van der Waals surface area (Å²) in [5, 5.41) is 17.6. The maximum absolute atomic E-state index is 12.4. The van der Waals surface area contributed by atoms with E-state index in [0.29, 0.717) is 71.9 Å². The lowest BCUT2D eigenvalue weighted by Crippen LogP contribution is -2.12. The fourth-order valence-corrected chi connectivity index (χ4v) is 8.80. The molecule has 0 fully saturated rings. The van der Waals surface area contributed by atoms with Crippen LogP contribution < -0.4 is 14.2 Å². The number of esters is 3. The Labute approximate surface area is 511 Å². The van der Waals surface area contributed by atoms with Gasteiger partial charge in [0.05, 0.1) is 39.6 Å². The van der Waals surface area contributed by atoms with Gasteiger partial charge < -0.3 is 56.2 Å². The van der Waals surface area contributed by atoms with Crippen molar-refractivity contribution in [3.63, 3.8) is 0 Å². The molecule has 0 radical (unpaired) electrons. The second-order valence-electron chi connectivity index (χ2n) is 19.6. The third-order valence-electron chi connectivity index (χ3n) is 13.3. The van der Waals surface area contributed by atoms with Crippen LogP contribution in [-0.4, -0.2) is 106 Å². The van der Waals surface area contributed by atoms with Gasteiger partial charge in [-0.2, -0.15) is 15.0 Å². The summed E-state index contributed by atoms with van der Waals surface area (Å²) in [6.07, 6.45) is 3.49. The topological polar surface area (TPSA) is 302 Å². The van der Waals surface area contributed by atoms with Crippen LogP contribution in [-0.2, 0) is 42.8 Å². The van der Waals surface area contributed by atoms with Gasteiger partial charge in [0, 0.05) is 51.6 Å². The molecule has 0 amide bonds. The smallest absolute Gasteiger partial charge is 0.463 e. The molecule has 0 saturated heterocycles. The summed E-state index contributed by atoms with van der Waals surface area (Å²) in [6.45, 7) is 10.8. The minimum absolute atomic E-state index is 0.0782. The lowest BCUT2D eigenvalue weighted by atomic mass is 10.0. The highest BCUT2D eigenvalue weighted by Crippen LogP contribution is 2.36. The van der Waals surface area contributed by atoms with E-state index in [0.717, 1.165) is 50.5 Å². The van der Waals surface area contributed by atoms with E-state index >= 15 is 0 Å². The molecule has 0 saturated carbocycles. The Morgan fingerprint density at radius 3 is 0.856 bits per heavy atom. The minimum Gasteiger partial charge on any atom is -0.463 e. The summed E-state index contributed by atoms with van der Waals surface area (Å²) < 4.78 is 64.3. The van der Waals surface area contributed by atoms with Crippen molar-refractivity contribution in [2.75, 3.05) is 39.6 Å². The van der Waals surface area contributed by atoms with E-state index in [2.05, 4.69) is 35.2 Å². The van der Waals surface area contributed by atoms with E-state index in [-0.39, 0.29) is 92.0 Å². The first-order valence-electron chi connectivity index (χ1n) is 28.1. The third-order valence-corrected chi connectivity index (χ3v) is 13.3. The molecule has 24 nitrogen and oxygen atoms in total. The van der Waals surface area contributed by atoms with Crippen molar-refractivity contribution in [1.29, 1.82) is 0 Å². The quantitative estimate of drug-likeness (QED) is 0.0152. The van der Waals surface area contributed by atoms with Crippen molar-refractivity contribution >= 4 is 68.7 Å². The number of hydrogen-bond donors (Lipinski definition) is 0. The first kappa shape index (κ1) is 61.3. The van der Waals surface area contributed by atoms with Crippen molar-refractivity contribution in [2.24, 2.45) is 0 Å². The first-order chi connectivity index (χ1) is 43.9. The molecule has 456 valence electrons. The Balaban J connectivity index is 0.858. The molecule has 24 heteroatoms. The molecule has 0 atom stereocenters. The number of benzene rings is 7. The number of unbranched alkanes of at least 4 members (excludes halogenated alkanes) is 3. The number of nitrogens with zero attached hydrogens (tertiary/aromatic N) is 6. The average molecular weight is 1220 g/mol. The third kappa shape index (κ3) is 16.4. The van der Waals surface area contributed by atoms with E-state index in [9.17, 15) is 28.8 Å². The normalized spacial score (nSPS) is 10.9. The zero-order valence-electron chi connectivity index (χ0n) is 48.0. The summed E-state index contributed by atoms with van der Waals surface area (Å²) in [5.41, 5.74) is 3.17. The molecule has 10 rings (SSSR count). The van der Waals surface area contributed by atoms with Gasteiger partial charge in [-0.3, -0.25) is 0 Å². The lowest BCUT2D eigenvalue weighted by Gasteiger charge is -2.07. The van der Waals surface area contributed by atoms with Crippen molar-refractivity contribution < 1.29 is 85.0 Å². The largest absolute Gasteiger partial charge is 0.513 e. The Morgan fingerprint density at radius 1 is 0.322 bits per heavy atom. The SMILES string of the molecule is C=CC(=O)OCCCCOC(=O)Oc1ccc2cc(-c3noc(-c4cc(-c5nc(-c6ccc7cc(OC(=O)OCCCCOC(=O)C=C)ccc7c6)no5)cc(-c5nc(-c6ccc7cc(OC(=O)OCCCCOC(=O)C=C)ccc7c6)no5)c4)n3)ccc2c1. The van der Waals surface area contributed by atoms with Crippen LogP contribution in [0.2, 0.25) is 0 Å². The standard InChI is InChI=1S/C66H54N6O18/c1-4-55(73)79-25-7-10-28-82-64(76)85-52-22-19-40-31-46(16-13-43(40)37-52)58-67-61(88-70-58)49-34-50(62-68-59(71-89-62)47-17-14-44-38-53(23-20-41(44)32-47)86-65(77)83-29-11-8-26-80-56(74)5-2)36-51(35-49)63-69-60(72-90-63)48-18-15-45-39-54(24-21-42(45)33-48)87-66(78)84-30-12-9-27-81-57(75)6-3/h4-6,13-24,31-39H,1-3,7-12,25-30H2. The van der Waals surface area contributed by atoms with Crippen LogP contribution in [0.15, 0.2) is 179 Å². The molecule has 0 N–H and O–H groups in total. The van der Waals surface area contributed by atoms with Crippen LogP contribution in [0.1, 0.15) is 38.5 Å². The van der Waals surface area contributed by atoms with Gasteiger partial charge >= 0.3 is 36.4 Å². The second kappa shape index (κ2) is 29.5. The van der Waals surface area contributed by atoms with Gasteiger partial charge in [0.2, 0.25) is 17.5 Å². The Hall–Kier alpha value is -11.8. The molecule has 90 heavy (non-hydrogen) atoms. The fraction of sp³-hybridized carbons (Fsp3) is 0.182. The molecule has 10 aromatic rings. The maximum Gasteiger partial charge on any atom is 0.513 e. The fourth-order valence-electron chi connectivity index (χ4n) is 8.80. The van der Waals surface area contributed by atoms with Gasteiger partial charge in [-0.25, -0.2) is 28.8 Å². The summed E-state index contributed by atoms with van der Waals surface area (Å²) in [4.78, 5) is 85.3. The number of carbonyl (C=O) groups is 6. The molecule has 0 aliphatic carbocycles. The van der Waals surface area contributed by atoms with Gasteiger partial charge in [0.1, 0.15) is 17.2 Å². The van der Waals surface area contributed by atoms with Gasteiger partial charge in [0.25, 0.3) is 17.7 Å². The Kier molecular flexibility index (Phi) is 20.1. The first-order valence-corrected chi connectivity index (χ1v) is 28.1. The highest BCUT2D eigenvalue weighted by Gasteiger charge is 2.22. The van der Waals surface area contributed by atoms with Gasteiger partial charge in [-0.15, -0.1) is 0 Å². The molecule has 0 aliphatic rings. The zero-order chi connectivity index (χ0) is 62.8. The molecule has 0 aliphatic heterocycles. The summed E-state index contributed by atoms with van der Waals surface area (Å²) in [7, 11) is 0. The predicted molar refractivity (Wildman–Crippen MR) is 322 cm³/mol. The van der Waals surface area contributed by atoms with Crippen molar-refractivity contribution in [2.45, 2.75) is 38.5 Å². The number of ether oxygens (including phenoxy) is 9. The number of fused-ring (bicyclic) bond motifs is 3. The monoisotopic (exact) mass is 1220 g/mol. The Morgan fingerprint density at radius 2 is 0.578 bits per heavy atom. The molecule has 0 bridgehead atoms. The summed E-state index contributed by atoms with van der Waals surface area (Å²) in [6, 6.07) is 37.0. The molecular weight excluding hydrogens is 1160 g/mol. The maximum atomic E-state index is 12.4. The van der Waals surface area contributed by atoms with Crippen LogP contribution in [0.25, 0.3) is 101 Å². The predicted octanol–water partition coefficient (Wildman–Crippen LogP) is 13.4. The highest BCUT2D eigenvalue weighted by molar-refractivity contribution is 5.91. The number of carbonyl (C=O) groups excluding carboxylic acids is 6. The van der Waals surface area contributed by atoms with E-state index in [4.69, 9.17) is 71.2 Å². The number of rotatable bonds is 27. The van der Waals surface area contributed by atoms with Crippen molar-refractivity contribution in [1.82, 2.24) is 30.4 Å². The van der Waals surface area contributed by atoms with Gasteiger partial charge in [0.15, 0.2) is 0 Å². The van der Waals surface area contributed by atoms with Crippen LogP contribution >= 0.6 is 0 Å². The molecule has 3 heterocycles. The zero-order valence-corrected chi connectivity index (χ0v) is 48.0. The minimum atomic E-state index is -0.875. The number of hydrogen-bond acceptors (Lipinski definition) is 24. The van der Waals surface area contributed by atoms with Crippen molar-refractivity contribution in [3.8, 4) is 85.8 Å². The highest BCUT2D eigenvalue weighted by atomic mass is 16.7. The molecule has 7 aromatic carbocycles. The van der Waals surface area contributed by atoms with Gasteiger partial charge in [-0.1, -0.05) is 89.8 Å². The Bertz CT molecular complexity index is 3880. The van der Waals surface area contributed by atoms with Gasteiger partial charge in [-0.05, 0) is 144 Å². The summed E-state index contributed by atoms with van der Waals surface area (Å²) >= 11 is 0. The number of aromatic nitrogens is 6. The average Bonchev–Trinajstić information content (AvgIpc) is 2.01. The van der Waals surface area contributed by atoms with E-state index in [1.54, 1.807) is 91.0 Å². The molecule has 3 aromatic heterocycles. The van der Waals surface area contributed by atoms with Crippen LogP contribution in [0, 0.1) is 0 Å². The van der Waals surface area contributed by atoms with E-state index in [1.165, 1.54) is 0 Å². The van der Waals surface area contributed by atoms with E-state index < -0.39 is 36.4 Å². The summed E-state index contributed by atoms with van der Waals surface area (Å²) in [5.74, 6) is 0.412. The van der Waals surface area contributed by atoms with Crippen LogP contribution in [0.4, 0.5) is 14.4 Å². The van der Waals surface area contributed by atoms with Crippen molar-refractivity contribution in [3.05, 3.63) is 165 Å². The second-order valence-corrected chi connectivity index (χ2v) is 19.6. The lowest BCUT2D eigenvalue weighted by molar-refractivity contribution is -0.138. The molecule has 0 spiro atoms. The van der Waals surface area contributed by atoms with Crippen LogP contribution in [0.3, 0.4) is 0 Å². The molecular formula is C66H54N6O18. The van der Waals surface area contributed by atoms with Crippen LogP contribution in [0.5, 0.6) is 17.2 Å². The molecule has 0 unspecified atom stereocenters. The van der Waals surface area contributed by atoms with E-state index in [1.807, 2.05) is 36.4 Å².